The summed E-state index contributed by atoms with van der Waals surface area (Å²) in [6.07, 6.45) is 0.410. The smallest absolute Gasteiger partial charge is 0.222 e. The maximum Gasteiger partial charge on any atom is 0.222 e. The Kier molecular flexibility index (Phi) is 6.44. The Hall–Kier alpha value is -2.04. The Labute approximate surface area is 141 Å². The second-order valence-electron chi connectivity index (χ2n) is 5.15. The van der Waals surface area contributed by atoms with Gasteiger partial charge in [0, 0.05) is 18.0 Å². The van der Waals surface area contributed by atoms with Gasteiger partial charge in [0.05, 0.1) is 13.2 Å². The maximum atomic E-state index is 12.2. The van der Waals surface area contributed by atoms with E-state index in [1.54, 1.807) is 7.11 Å². The topological polar surface area (TPSA) is 50.4 Å². The number of halogens is 1. The normalized spacial score (nSPS) is 11.8. The lowest BCUT2D eigenvalue weighted by atomic mass is 9.98. The molecular weight excluding hydrogens is 312 g/mol. The summed E-state index contributed by atoms with van der Waals surface area (Å²) in [7, 11) is 3.45. The van der Waals surface area contributed by atoms with Crippen molar-refractivity contribution in [2.24, 2.45) is 0 Å². The zero-order valence-corrected chi connectivity index (χ0v) is 14.1. The number of hydrogen-bond acceptors (Lipinski definition) is 3. The SMILES string of the molecule is CNCCC(=O)NC(c1ccc(OC)cc1)c1ccccc1Cl. The van der Waals surface area contributed by atoms with Crippen molar-refractivity contribution in [2.45, 2.75) is 12.5 Å². The van der Waals surface area contributed by atoms with Crippen molar-refractivity contribution in [1.82, 2.24) is 10.6 Å². The van der Waals surface area contributed by atoms with E-state index in [1.807, 2.05) is 55.6 Å². The molecule has 2 aromatic carbocycles. The summed E-state index contributed by atoms with van der Waals surface area (Å²) < 4.78 is 5.19. The molecule has 0 saturated carbocycles. The van der Waals surface area contributed by atoms with Crippen molar-refractivity contribution in [3.05, 3.63) is 64.7 Å². The molecule has 0 radical (unpaired) electrons. The Morgan fingerprint density at radius 2 is 1.87 bits per heavy atom. The highest BCUT2D eigenvalue weighted by molar-refractivity contribution is 6.31. The van der Waals surface area contributed by atoms with Crippen LogP contribution in [0.25, 0.3) is 0 Å². The maximum absolute atomic E-state index is 12.2. The average Bonchev–Trinajstić information content (AvgIpc) is 2.59. The minimum Gasteiger partial charge on any atom is -0.497 e. The quantitative estimate of drug-likeness (QED) is 0.819. The van der Waals surface area contributed by atoms with E-state index in [4.69, 9.17) is 16.3 Å². The molecule has 2 N–H and O–H groups in total. The predicted molar refractivity (Wildman–Crippen MR) is 93.0 cm³/mol. The van der Waals surface area contributed by atoms with E-state index in [9.17, 15) is 4.79 Å². The van der Waals surface area contributed by atoms with Crippen LogP contribution >= 0.6 is 11.6 Å². The lowest BCUT2D eigenvalue weighted by Gasteiger charge is -2.21. The van der Waals surface area contributed by atoms with Crippen LogP contribution in [0.2, 0.25) is 5.02 Å². The standard InChI is InChI=1S/C18H21ClN2O2/c1-20-12-11-17(22)21-18(15-5-3-4-6-16(15)19)13-7-9-14(23-2)10-8-13/h3-10,18,20H,11-12H2,1-2H3,(H,21,22). The van der Waals surface area contributed by atoms with E-state index in [1.165, 1.54) is 0 Å². The average molecular weight is 333 g/mol. The van der Waals surface area contributed by atoms with E-state index >= 15 is 0 Å². The van der Waals surface area contributed by atoms with Gasteiger partial charge in [0.25, 0.3) is 0 Å². The molecule has 122 valence electrons. The number of rotatable bonds is 7. The van der Waals surface area contributed by atoms with Gasteiger partial charge in [-0.15, -0.1) is 0 Å². The second-order valence-corrected chi connectivity index (χ2v) is 5.56. The second kappa shape index (κ2) is 8.56. The first kappa shape index (κ1) is 17.3. The van der Waals surface area contributed by atoms with Gasteiger partial charge in [-0.2, -0.15) is 0 Å². The van der Waals surface area contributed by atoms with Crippen molar-refractivity contribution >= 4 is 17.5 Å². The zero-order chi connectivity index (χ0) is 16.7. The van der Waals surface area contributed by atoms with Gasteiger partial charge in [-0.05, 0) is 36.4 Å². The van der Waals surface area contributed by atoms with Crippen LogP contribution < -0.4 is 15.4 Å². The summed E-state index contributed by atoms with van der Waals surface area (Å²) in [5.74, 6) is 0.744. The van der Waals surface area contributed by atoms with E-state index in [0.29, 0.717) is 18.0 Å². The molecule has 0 aliphatic heterocycles. The van der Waals surface area contributed by atoms with Crippen LogP contribution in [0.3, 0.4) is 0 Å². The number of hydrogen-bond donors (Lipinski definition) is 2. The Bertz CT molecular complexity index is 644. The summed E-state index contributed by atoms with van der Waals surface area (Å²) in [4.78, 5) is 12.2. The molecule has 0 heterocycles. The fraction of sp³-hybridized carbons (Fsp3) is 0.278. The predicted octanol–water partition coefficient (Wildman–Crippen LogP) is 3.16. The number of nitrogens with one attached hydrogen (secondary N) is 2. The highest BCUT2D eigenvalue weighted by Gasteiger charge is 2.19. The summed E-state index contributed by atoms with van der Waals surface area (Å²) >= 11 is 6.33. The molecule has 0 aliphatic rings. The van der Waals surface area contributed by atoms with Crippen molar-refractivity contribution in [3.63, 3.8) is 0 Å². The Morgan fingerprint density at radius 1 is 1.17 bits per heavy atom. The van der Waals surface area contributed by atoms with Crippen LogP contribution in [-0.2, 0) is 4.79 Å². The summed E-state index contributed by atoms with van der Waals surface area (Å²) in [6.45, 7) is 0.629. The van der Waals surface area contributed by atoms with E-state index in [-0.39, 0.29) is 11.9 Å². The number of ether oxygens (including phenoxy) is 1. The lowest BCUT2D eigenvalue weighted by molar-refractivity contribution is -0.121. The minimum absolute atomic E-state index is 0.0277. The fourth-order valence-electron chi connectivity index (χ4n) is 2.32. The monoisotopic (exact) mass is 332 g/mol. The lowest BCUT2D eigenvalue weighted by Crippen LogP contribution is -2.31. The van der Waals surface area contributed by atoms with Crippen molar-refractivity contribution in [3.8, 4) is 5.75 Å². The van der Waals surface area contributed by atoms with Crippen LogP contribution in [0, 0.1) is 0 Å². The highest BCUT2D eigenvalue weighted by atomic mass is 35.5. The van der Waals surface area contributed by atoms with Crippen molar-refractivity contribution in [2.75, 3.05) is 20.7 Å². The molecule has 23 heavy (non-hydrogen) atoms. The van der Waals surface area contributed by atoms with Crippen molar-refractivity contribution in [1.29, 1.82) is 0 Å². The van der Waals surface area contributed by atoms with E-state index < -0.39 is 0 Å². The van der Waals surface area contributed by atoms with Crippen LogP contribution in [0.5, 0.6) is 5.75 Å². The third-order valence-corrected chi connectivity index (χ3v) is 3.92. The summed E-state index contributed by atoms with van der Waals surface area (Å²) in [5, 5.41) is 6.66. The molecular formula is C18H21ClN2O2. The first-order valence-corrected chi connectivity index (χ1v) is 7.86. The Balaban J connectivity index is 2.30. The molecule has 1 amide bonds. The van der Waals surface area contributed by atoms with Gasteiger partial charge in [-0.25, -0.2) is 0 Å². The zero-order valence-electron chi connectivity index (χ0n) is 13.3. The number of carbonyl (C=O) groups is 1. The molecule has 0 aliphatic carbocycles. The van der Waals surface area contributed by atoms with Gasteiger partial charge < -0.3 is 15.4 Å². The van der Waals surface area contributed by atoms with Gasteiger partial charge >= 0.3 is 0 Å². The molecule has 2 aromatic rings. The molecule has 0 bridgehead atoms. The molecule has 0 fully saturated rings. The van der Waals surface area contributed by atoms with Gasteiger partial charge in [0.2, 0.25) is 5.91 Å². The summed E-state index contributed by atoms with van der Waals surface area (Å²) in [5.41, 5.74) is 1.83. The molecule has 2 rings (SSSR count). The van der Waals surface area contributed by atoms with Gasteiger partial charge in [-0.3, -0.25) is 4.79 Å². The van der Waals surface area contributed by atoms with E-state index in [2.05, 4.69) is 10.6 Å². The van der Waals surface area contributed by atoms with Crippen LogP contribution in [0.1, 0.15) is 23.6 Å². The number of carbonyl (C=O) groups excluding carboxylic acids is 1. The molecule has 4 nitrogen and oxygen atoms in total. The molecule has 1 atom stereocenters. The van der Waals surface area contributed by atoms with E-state index in [0.717, 1.165) is 16.9 Å². The van der Waals surface area contributed by atoms with Crippen molar-refractivity contribution < 1.29 is 9.53 Å². The number of amides is 1. The third kappa shape index (κ3) is 4.71. The molecule has 1 unspecified atom stereocenters. The molecule has 5 heteroatoms. The third-order valence-electron chi connectivity index (χ3n) is 3.57. The van der Waals surface area contributed by atoms with Crippen LogP contribution in [0.4, 0.5) is 0 Å². The molecule has 0 spiro atoms. The molecule has 0 saturated heterocycles. The van der Waals surface area contributed by atoms with Gasteiger partial charge in [-0.1, -0.05) is 41.9 Å². The Morgan fingerprint density at radius 3 is 2.48 bits per heavy atom. The number of methoxy groups -OCH3 is 1. The largest absolute Gasteiger partial charge is 0.497 e. The number of benzene rings is 2. The first-order valence-electron chi connectivity index (χ1n) is 7.48. The highest BCUT2D eigenvalue weighted by Crippen LogP contribution is 2.29. The summed E-state index contributed by atoms with van der Waals surface area (Å²) in [6, 6.07) is 14.9. The fourth-order valence-corrected chi connectivity index (χ4v) is 2.56. The van der Waals surface area contributed by atoms with Crippen LogP contribution in [-0.4, -0.2) is 26.6 Å². The molecule has 0 aromatic heterocycles. The van der Waals surface area contributed by atoms with Crippen LogP contribution in [0.15, 0.2) is 48.5 Å². The van der Waals surface area contributed by atoms with Gasteiger partial charge in [0.1, 0.15) is 5.75 Å². The van der Waals surface area contributed by atoms with Gasteiger partial charge in [0.15, 0.2) is 0 Å². The minimum atomic E-state index is -0.293. The first-order chi connectivity index (χ1) is 11.2.